The molecule has 0 aliphatic heterocycles. The first-order chi connectivity index (χ1) is 12.9. The molecule has 1 unspecified atom stereocenters. The quantitative estimate of drug-likeness (QED) is 0.482. The second kappa shape index (κ2) is 9.87. The van der Waals surface area contributed by atoms with Crippen LogP contribution in [-0.4, -0.2) is 24.2 Å². The molecule has 4 N–H and O–H groups in total. The second-order valence-corrected chi connectivity index (χ2v) is 5.98. The fourth-order valence-corrected chi connectivity index (χ4v) is 2.76. The number of guanidine groups is 1. The highest BCUT2D eigenvalue weighted by Crippen LogP contribution is 2.23. The number of benzene rings is 2. The number of halogens is 2. The Morgan fingerprint density at radius 2 is 1.78 bits per heavy atom. The third-order valence-electron chi connectivity index (χ3n) is 4.15. The number of para-hydroxylation sites is 1. The molecular formula is C20H25F2N3O2. The molecule has 5 nitrogen and oxygen atoms in total. The van der Waals surface area contributed by atoms with E-state index in [0.29, 0.717) is 5.56 Å². The summed E-state index contributed by atoms with van der Waals surface area (Å²) >= 11 is 0. The summed E-state index contributed by atoms with van der Waals surface area (Å²) in [5, 5.41) is 13.4. The van der Waals surface area contributed by atoms with Gasteiger partial charge in [-0.25, -0.2) is 0 Å². The molecule has 2 aromatic rings. The summed E-state index contributed by atoms with van der Waals surface area (Å²) in [6, 6.07) is 12.0. The second-order valence-electron chi connectivity index (χ2n) is 5.98. The molecule has 0 radical (unpaired) electrons. The maximum absolute atomic E-state index is 12.3. The van der Waals surface area contributed by atoms with Crippen LogP contribution in [0.5, 0.6) is 5.75 Å². The van der Waals surface area contributed by atoms with Crippen molar-refractivity contribution in [3.05, 3.63) is 59.2 Å². The summed E-state index contributed by atoms with van der Waals surface area (Å²) in [5.74, 6) is 0.172. The molecule has 7 heteroatoms. The number of nitrogens with zero attached hydrogens (tertiary/aromatic N) is 1. The molecule has 0 spiro atoms. The zero-order valence-electron chi connectivity index (χ0n) is 15.5. The molecule has 2 rings (SSSR count). The standard InChI is InChI=1S/C20H25F2N3O2/c1-3-13-7-5-8-14(4-2)18(13)25-20(23)24-12-17(26)15-9-6-10-16(11-15)27-19(21)22/h5-11,17,19,26H,3-4,12H2,1-2H3,(H3,23,24,25). The summed E-state index contributed by atoms with van der Waals surface area (Å²) in [6.07, 6.45) is 0.713. The summed E-state index contributed by atoms with van der Waals surface area (Å²) in [4.78, 5) is 4.18. The summed E-state index contributed by atoms with van der Waals surface area (Å²) in [7, 11) is 0. The Hall–Kier alpha value is -2.67. The van der Waals surface area contributed by atoms with Crippen LogP contribution in [0, 0.1) is 0 Å². The highest BCUT2D eigenvalue weighted by molar-refractivity contribution is 5.93. The van der Waals surface area contributed by atoms with Gasteiger partial charge in [0.1, 0.15) is 5.75 Å². The van der Waals surface area contributed by atoms with Crippen molar-refractivity contribution < 1.29 is 18.6 Å². The Labute approximate surface area is 157 Å². The Morgan fingerprint density at radius 3 is 2.37 bits per heavy atom. The van der Waals surface area contributed by atoms with Gasteiger partial charge in [0, 0.05) is 5.69 Å². The van der Waals surface area contributed by atoms with Crippen LogP contribution >= 0.6 is 0 Å². The van der Waals surface area contributed by atoms with E-state index in [1.165, 1.54) is 18.2 Å². The van der Waals surface area contributed by atoms with Gasteiger partial charge in [-0.3, -0.25) is 4.99 Å². The smallest absolute Gasteiger partial charge is 0.387 e. The lowest BCUT2D eigenvalue weighted by atomic mass is 10.0. The van der Waals surface area contributed by atoms with E-state index < -0.39 is 12.7 Å². The van der Waals surface area contributed by atoms with E-state index in [4.69, 9.17) is 5.73 Å². The van der Waals surface area contributed by atoms with Gasteiger partial charge in [-0.15, -0.1) is 0 Å². The lowest BCUT2D eigenvalue weighted by molar-refractivity contribution is -0.0499. The lowest BCUT2D eigenvalue weighted by Gasteiger charge is -2.15. The summed E-state index contributed by atoms with van der Waals surface area (Å²) in [5.41, 5.74) is 9.60. The molecule has 146 valence electrons. The molecule has 0 bridgehead atoms. The van der Waals surface area contributed by atoms with Gasteiger partial charge in [0.05, 0.1) is 12.6 Å². The molecule has 0 saturated carbocycles. The molecule has 0 aromatic heterocycles. The average molecular weight is 377 g/mol. The Bertz CT molecular complexity index is 759. The topological polar surface area (TPSA) is 79.9 Å². The summed E-state index contributed by atoms with van der Waals surface area (Å²) < 4.78 is 29.0. The van der Waals surface area contributed by atoms with Gasteiger partial charge in [0.25, 0.3) is 0 Å². The minimum atomic E-state index is -2.92. The molecule has 27 heavy (non-hydrogen) atoms. The highest BCUT2D eigenvalue weighted by Gasteiger charge is 2.11. The van der Waals surface area contributed by atoms with Crippen molar-refractivity contribution in [3.63, 3.8) is 0 Å². The number of nitrogens with one attached hydrogen (secondary N) is 1. The highest BCUT2D eigenvalue weighted by atomic mass is 19.3. The van der Waals surface area contributed by atoms with Gasteiger partial charge < -0.3 is 20.9 Å². The van der Waals surface area contributed by atoms with E-state index in [0.717, 1.165) is 29.7 Å². The normalized spacial score (nSPS) is 12.9. The molecule has 0 fully saturated rings. The van der Waals surface area contributed by atoms with E-state index in [-0.39, 0.29) is 18.3 Å². The van der Waals surface area contributed by atoms with Gasteiger partial charge in [0.2, 0.25) is 0 Å². The van der Waals surface area contributed by atoms with Gasteiger partial charge in [-0.05, 0) is 41.7 Å². The maximum Gasteiger partial charge on any atom is 0.387 e. The fourth-order valence-electron chi connectivity index (χ4n) is 2.76. The van der Waals surface area contributed by atoms with Crippen molar-refractivity contribution in [2.45, 2.75) is 39.4 Å². The predicted octanol–water partition coefficient (Wildman–Crippen LogP) is 3.87. The number of rotatable bonds is 8. The van der Waals surface area contributed by atoms with E-state index >= 15 is 0 Å². The van der Waals surface area contributed by atoms with Crippen LogP contribution in [0.25, 0.3) is 0 Å². The number of nitrogens with two attached hydrogens (primary N) is 1. The number of aliphatic imine (C=N–C) groups is 1. The van der Waals surface area contributed by atoms with Gasteiger partial charge in [-0.1, -0.05) is 44.2 Å². The summed E-state index contributed by atoms with van der Waals surface area (Å²) in [6.45, 7) is 1.20. The Balaban J connectivity index is 2.07. The van der Waals surface area contributed by atoms with E-state index in [1.807, 2.05) is 18.2 Å². The minimum Gasteiger partial charge on any atom is -0.435 e. The number of anilines is 1. The lowest BCUT2D eigenvalue weighted by Crippen LogP contribution is -2.25. The van der Waals surface area contributed by atoms with Crippen LogP contribution in [0.15, 0.2) is 47.5 Å². The average Bonchev–Trinajstić information content (AvgIpc) is 2.66. The van der Waals surface area contributed by atoms with Gasteiger partial charge in [-0.2, -0.15) is 8.78 Å². The van der Waals surface area contributed by atoms with Crippen molar-refractivity contribution in [1.29, 1.82) is 0 Å². The van der Waals surface area contributed by atoms with Crippen LogP contribution < -0.4 is 15.8 Å². The van der Waals surface area contributed by atoms with Crippen LogP contribution in [0.2, 0.25) is 0 Å². The largest absolute Gasteiger partial charge is 0.435 e. The number of ether oxygens (including phenoxy) is 1. The SMILES string of the molecule is CCc1cccc(CC)c1NC(N)=NCC(O)c1cccc(OC(F)F)c1. The van der Waals surface area contributed by atoms with E-state index in [2.05, 4.69) is 28.9 Å². The zero-order chi connectivity index (χ0) is 19.8. The predicted molar refractivity (Wildman–Crippen MR) is 103 cm³/mol. The molecule has 2 aromatic carbocycles. The monoisotopic (exact) mass is 377 g/mol. The third kappa shape index (κ3) is 5.92. The van der Waals surface area contributed by atoms with Crippen LogP contribution in [-0.2, 0) is 12.8 Å². The van der Waals surface area contributed by atoms with E-state index in [1.54, 1.807) is 6.07 Å². The first-order valence-corrected chi connectivity index (χ1v) is 8.85. The third-order valence-corrected chi connectivity index (χ3v) is 4.15. The number of hydrogen-bond donors (Lipinski definition) is 3. The molecule has 0 saturated heterocycles. The number of alkyl halides is 2. The van der Waals surface area contributed by atoms with Gasteiger partial charge >= 0.3 is 6.61 Å². The Kier molecular flexibility index (Phi) is 7.55. The van der Waals surface area contributed by atoms with E-state index in [9.17, 15) is 13.9 Å². The number of aryl methyl sites for hydroxylation is 2. The zero-order valence-corrected chi connectivity index (χ0v) is 15.5. The van der Waals surface area contributed by atoms with Crippen LogP contribution in [0.1, 0.15) is 36.6 Å². The molecule has 0 heterocycles. The van der Waals surface area contributed by atoms with Crippen molar-refractivity contribution in [2.24, 2.45) is 10.7 Å². The first-order valence-electron chi connectivity index (χ1n) is 8.85. The van der Waals surface area contributed by atoms with Gasteiger partial charge in [0.15, 0.2) is 5.96 Å². The minimum absolute atomic E-state index is 0.00723. The molecule has 0 aliphatic carbocycles. The van der Waals surface area contributed by atoms with Crippen molar-refractivity contribution in [3.8, 4) is 5.75 Å². The molecule has 0 aliphatic rings. The first kappa shape index (κ1) is 20.6. The van der Waals surface area contributed by atoms with Crippen LogP contribution in [0.3, 0.4) is 0 Å². The fraction of sp³-hybridized carbons (Fsp3) is 0.350. The van der Waals surface area contributed by atoms with Crippen molar-refractivity contribution in [2.75, 3.05) is 11.9 Å². The molecular weight excluding hydrogens is 352 g/mol. The van der Waals surface area contributed by atoms with Crippen molar-refractivity contribution in [1.82, 2.24) is 0 Å². The van der Waals surface area contributed by atoms with Crippen LogP contribution in [0.4, 0.5) is 14.5 Å². The molecule has 1 atom stereocenters. The Morgan fingerprint density at radius 1 is 1.15 bits per heavy atom. The number of hydrogen-bond acceptors (Lipinski definition) is 3. The maximum atomic E-state index is 12.3. The number of aliphatic hydroxyl groups is 1. The number of aliphatic hydroxyl groups excluding tert-OH is 1. The van der Waals surface area contributed by atoms with Crippen molar-refractivity contribution >= 4 is 11.6 Å². The molecule has 0 amide bonds.